The first kappa shape index (κ1) is 18.5. The lowest BCUT2D eigenvalue weighted by Gasteiger charge is -2.23. The van der Waals surface area contributed by atoms with E-state index in [1.54, 1.807) is 11.0 Å². The van der Waals surface area contributed by atoms with Crippen LogP contribution in [0.1, 0.15) is 31.7 Å². The first-order valence-electron chi connectivity index (χ1n) is 8.71. The monoisotopic (exact) mass is 377 g/mol. The summed E-state index contributed by atoms with van der Waals surface area (Å²) in [6, 6.07) is 6.80. The molecule has 1 aliphatic rings. The lowest BCUT2D eigenvalue weighted by Crippen LogP contribution is -2.44. The zero-order valence-electron chi connectivity index (χ0n) is 14.7. The molecule has 1 N–H and O–H groups in total. The second-order valence-corrected chi connectivity index (χ2v) is 8.41. The lowest BCUT2D eigenvalue weighted by molar-refractivity contribution is -0.119. The third-order valence-corrected chi connectivity index (χ3v) is 6.43. The van der Waals surface area contributed by atoms with Gasteiger partial charge in [0.2, 0.25) is 15.9 Å². The summed E-state index contributed by atoms with van der Waals surface area (Å²) in [6.45, 7) is 2.83. The SMILES string of the molecule is CCCS(=O)(=O)N1CCCC1C(=O)Nc1ccc(Cn2cncn2)cc1. The molecule has 3 rings (SSSR count). The van der Waals surface area contributed by atoms with Crippen molar-refractivity contribution in [3.8, 4) is 0 Å². The number of carbonyl (C=O) groups is 1. The zero-order chi connectivity index (χ0) is 18.6. The number of sulfonamides is 1. The Hall–Kier alpha value is -2.26. The van der Waals surface area contributed by atoms with Gasteiger partial charge in [0.1, 0.15) is 18.7 Å². The summed E-state index contributed by atoms with van der Waals surface area (Å²) in [5.41, 5.74) is 1.68. The van der Waals surface area contributed by atoms with Crippen LogP contribution >= 0.6 is 0 Å². The van der Waals surface area contributed by atoms with Crippen molar-refractivity contribution in [2.75, 3.05) is 17.6 Å². The molecule has 2 heterocycles. The van der Waals surface area contributed by atoms with Crippen LogP contribution in [0.15, 0.2) is 36.9 Å². The van der Waals surface area contributed by atoms with Crippen molar-refractivity contribution in [2.45, 2.75) is 38.8 Å². The Morgan fingerprint density at radius 1 is 1.31 bits per heavy atom. The van der Waals surface area contributed by atoms with Crippen molar-refractivity contribution in [1.82, 2.24) is 19.1 Å². The number of anilines is 1. The molecule has 0 spiro atoms. The van der Waals surface area contributed by atoms with Gasteiger partial charge in [-0.15, -0.1) is 0 Å². The van der Waals surface area contributed by atoms with E-state index in [9.17, 15) is 13.2 Å². The molecule has 1 fully saturated rings. The summed E-state index contributed by atoms with van der Waals surface area (Å²) in [7, 11) is -3.38. The number of aromatic nitrogens is 3. The highest BCUT2D eigenvalue weighted by Gasteiger charge is 2.37. The highest BCUT2D eigenvalue weighted by Crippen LogP contribution is 2.23. The van der Waals surface area contributed by atoms with E-state index < -0.39 is 16.1 Å². The van der Waals surface area contributed by atoms with Crippen LogP contribution in [0.25, 0.3) is 0 Å². The van der Waals surface area contributed by atoms with Crippen LogP contribution in [0.3, 0.4) is 0 Å². The van der Waals surface area contributed by atoms with Gasteiger partial charge >= 0.3 is 0 Å². The van der Waals surface area contributed by atoms with Gasteiger partial charge < -0.3 is 5.32 Å². The summed E-state index contributed by atoms with van der Waals surface area (Å²) >= 11 is 0. The lowest BCUT2D eigenvalue weighted by atomic mass is 10.2. The Balaban J connectivity index is 1.63. The van der Waals surface area contributed by atoms with Crippen LogP contribution in [0.2, 0.25) is 0 Å². The standard InChI is InChI=1S/C17H23N5O3S/c1-2-10-26(24,25)22-9-3-4-16(22)17(23)20-15-7-5-14(6-8-15)11-21-13-18-12-19-21/h5-8,12-13,16H,2-4,9-11H2,1H3,(H,20,23). The van der Waals surface area contributed by atoms with E-state index in [1.807, 2.05) is 31.2 Å². The minimum atomic E-state index is -3.38. The maximum atomic E-state index is 12.6. The van der Waals surface area contributed by atoms with Gasteiger partial charge in [-0.2, -0.15) is 9.40 Å². The molecule has 140 valence electrons. The Kier molecular flexibility index (Phi) is 5.67. The van der Waals surface area contributed by atoms with E-state index in [0.29, 0.717) is 38.0 Å². The highest BCUT2D eigenvalue weighted by molar-refractivity contribution is 7.89. The first-order valence-corrected chi connectivity index (χ1v) is 10.3. The van der Waals surface area contributed by atoms with Gasteiger partial charge in [0, 0.05) is 12.2 Å². The molecule has 0 saturated carbocycles. The van der Waals surface area contributed by atoms with Crippen molar-refractivity contribution < 1.29 is 13.2 Å². The molecule has 0 bridgehead atoms. The average Bonchev–Trinajstić information content (AvgIpc) is 3.28. The second kappa shape index (κ2) is 7.96. The first-order chi connectivity index (χ1) is 12.5. The van der Waals surface area contributed by atoms with Gasteiger partial charge in [0.25, 0.3) is 0 Å². The fraction of sp³-hybridized carbons (Fsp3) is 0.471. The highest BCUT2D eigenvalue weighted by atomic mass is 32.2. The summed E-state index contributed by atoms with van der Waals surface area (Å²) in [5, 5.41) is 6.89. The van der Waals surface area contributed by atoms with E-state index >= 15 is 0 Å². The van der Waals surface area contributed by atoms with Gasteiger partial charge in [-0.3, -0.25) is 4.79 Å². The molecule has 2 aromatic rings. The van der Waals surface area contributed by atoms with Gasteiger partial charge in [0.15, 0.2) is 0 Å². The Labute approximate surface area is 153 Å². The molecular weight excluding hydrogens is 354 g/mol. The van der Waals surface area contributed by atoms with Crippen LogP contribution in [-0.4, -0.2) is 51.7 Å². The van der Waals surface area contributed by atoms with Crippen LogP contribution in [0.4, 0.5) is 5.69 Å². The van der Waals surface area contributed by atoms with Gasteiger partial charge in [-0.25, -0.2) is 18.1 Å². The normalized spacial score (nSPS) is 18.1. The number of amides is 1. The third-order valence-electron chi connectivity index (χ3n) is 4.36. The molecule has 1 amide bonds. The van der Waals surface area contributed by atoms with Gasteiger partial charge in [-0.1, -0.05) is 19.1 Å². The van der Waals surface area contributed by atoms with Crippen molar-refractivity contribution in [3.63, 3.8) is 0 Å². The molecule has 1 atom stereocenters. The second-order valence-electron chi connectivity index (χ2n) is 6.36. The number of nitrogens with zero attached hydrogens (tertiary/aromatic N) is 4. The maximum Gasteiger partial charge on any atom is 0.242 e. The molecule has 0 aliphatic carbocycles. The fourth-order valence-corrected chi connectivity index (χ4v) is 4.88. The third kappa shape index (κ3) is 4.28. The van der Waals surface area contributed by atoms with Gasteiger partial charge in [0.05, 0.1) is 12.3 Å². The molecule has 1 aromatic heterocycles. The summed E-state index contributed by atoms with van der Waals surface area (Å²) in [5.74, 6) is -0.195. The van der Waals surface area contributed by atoms with Crippen LogP contribution in [-0.2, 0) is 21.4 Å². The molecule has 1 unspecified atom stereocenters. The smallest absolute Gasteiger partial charge is 0.242 e. The molecule has 1 saturated heterocycles. The fourth-order valence-electron chi connectivity index (χ4n) is 3.13. The largest absolute Gasteiger partial charge is 0.325 e. The average molecular weight is 377 g/mol. The Morgan fingerprint density at radius 2 is 2.08 bits per heavy atom. The number of rotatable bonds is 7. The van der Waals surface area contributed by atoms with E-state index in [1.165, 1.54) is 10.6 Å². The van der Waals surface area contributed by atoms with E-state index in [-0.39, 0.29) is 11.7 Å². The number of nitrogens with one attached hydrogen (secondary N) is 1. The number of carbonyl (C=O) groups excluding carboxylic acids is 1. The molecular formula is C17H23N5O3S. The van der Waals surface area contributed by atoms with Crippen molar-refractivity contribution in [1.29, 1.82) is 0 Å². The topological polar surface area (TPSA) is 97.2 Å². The molecule has 0 radical (unpaired) electrons. The summed E-state index contributed by atoms with van der Waals surface area (Å²) in [6.07, 6.45) is 4.92. The van der Waals surface area contributed by atoms with Crippen LogP contribution < -0.4 is 5.32 Å². The number of hydrogen-bond acceptors (Lipinski definition) is 5. The minimum absolute atomic E-state index is 0.0771. The Bertz CT molecular complexity index is 834. The zero-order valence-corrected chi connectivity index (χ0v) is 15.5. The van der Waals surface area contributed by atoms with E-state index in [4.69, 9.17) is 0 Å². The predicted molar refractivity (Wildman–Crippen MR) is 98.0 cm³/mol. The number of hydrogen-bond donors (Lipinski definition) is 1. The predicted octanol–water partition coefficient (Wildman–Crippen LogP) is 1.47. The van der Waals surface area contributed by atoms with Gasteiger partial charge in [-0.05, 0) is 37.0 Å². The summed E-state index contributed by atoms with van der Waals surface area (Å²) in [4.78, 5) is 16.5. The van der Waals surface area contributed by atoms with Crippen molar-refractivity contribution in [2.24, 2.45) is 0 Å². The molecule has 8 nitrogen and oxygen atoms in total. The molecule has 9 heteroatoms. The van der Waals surface area contributed by atoms with Crippen molar-refractivity contribution in [3.05, 3.63) is 42.5 Å². The van der Waals surface area contributed by atoms with E-state index in [0.717, 1.165) is 5.56 Å². The van der Waals surface area contributed by atoms with Crippen LogP contribution in [0.5, 0.6) is 0 Å². The molecule has 1 aliphatic heterocycles. The Morgan fingerprint density at radius 3 is 2.73 bits per heavy atom. The maximum absolute atomic E-state index is 12.6. The van der Waals surface area contributed by atoms with Crippen molar-refractivity contribution >= 4 is 21.6 Å². The van der Waals surface area contributed by atoms with E-state index in [2.05, 4.69) is 15.4 Å². The molecule has 1 aromatic carbocycles. The number of benzene rings is 1. The molecule has 26 heavy (non-hydrogen) atoms. The quantitative estimate of drug-likeness (QED) is 0.788. The minimum Gasteiger partial charge on any atom is -0.325 e. The summed E-state index contributed by atoms with van der Waals surface area (Å²) < 4.78 is 27.7. The van der Waals surface area contributed by atoms with Crippen LogP contribution in [0, 0.1) is 0 Å².